The van der Waals surface area contributed by atoms with Crippen LogP contribution >= 0.6 is 23.5 Å². The maximum absolute atomic E-state index is 14.8. The Kier molecular flexibility index (Phi) is 22.8. The maximum atomic E-state index is 14.8. The minimum Gasteiger partial charge on any atom is -0.461 e. The van der Waals surface area contributed by atoms with Crippen LogP contribution in [0.25, 0.3) is 0 Å². The van der Waals surface area contributed by atoms with Crippen molar-refractivity contribution in [3.8, 4) is 0 Å². The number of nitrogens with one attached hydrogen (secondary N) is 3. The molecule has 6 rings (SSSR count). The molecule has 6 aromatic rings. The Bertz CT molecular complexity index is 2550. The maximum Gasteiger partial charge on any atom is 0.308 e. The summed E-state index contributed by atoms with van der Waals surface area (Å²) in [6.45, 7) is 11.1. The van der Waals surface area contributed by atoms with E-state index in [1.165, 1.54) is 17.8 Å². The topological polar surface area (TPSA) is 154 Å². The van der Waals surface area contributed by atoms with Crippen LogP contribution in [0.2, 0.25) is 0 Å². The number of aliphatic hydroxyl groups is 2. The van der Waals surface area contributed by atoms with Gasteiger partial charge in [-0.15, -0.1) is 23.5 Å². The summed E-state index contributed by atoms with van der Waals surface area (Å²) in [5.41, 5.74) is 6.31. The number of benzene rings is 6. The van der Waals surface area contributed by atoms with Gasteiger partial charge in [0.25, 0.3) is 0 Å². The van der Waals surface area contributed by atoms with E-state index in [1.54, 1.807) is 6.08 Å². The summed E-state index contributed by atoms with van der Waals surface area (Å²) in [7, 11) is 0. The van der Waals surface area contributed by atoms with Crippen molar-refractivity contribution in [3.05, 3.63) is 240 Å². The number of aliphatic hydroxyl groups excluding tert-OH is 2. The molecule has 0 radical (unpaired) electrons. The van der Waals surface area contributed by atoms with Gasteiger partial charge in [-0.25, -0.2) is 0 Å². The zero-order valence-electron chi connectivity index (χ0n) is 44.0. The van der Waals surface area contributed by atoms with Crippen molar-refractivity contribution in [1.82, 2.24) is 16.0 Å². The average molecular weight is 1060 g/mol. The van der Waals surface area contributed by atoms with E-state index in [-0.39, 0.29) is 43.5 Å². The molecule has 0 spiro atoms. The first-order chi connectivity index (χ1) is 36.8. The number of rotatable bonds is 29. The van der Waals surface area contributed by atoms with Gasteiger partial charge in [-0.05, 0) is 63.8 Å². The lowest BCUT2D eigenvalue weighted by molar-refractivity contribution is -0.145. The normalized spacial score (nSPS) is 13.8. The van der Waals surface area contributed by atoms with E-state index >= 15 is 0 Å². The zero-order valence-corrected chi connectivity index (χ0v) is 45.6. The smallest absolute Gasteiger partial charge is 0.308 e. The number of esters is 1. The molecule has 0 fully saturated rings. The largest absolute Gasteiger partial charge is 0.461 e. The molecule has 12 heteroatoms. The minimum atomic E-state index is -1.30. The van der Waals surface area contributed by atoms with Crippen LogP contribution in [0, 0.1) is 11.8 Å². The molecule has 0 aliphatic carbocycles. The number of carbonyl (C=O) groups is 4. The van der Waals surface area contributed by atoms with Gasteiger partial charge >= 0.3 is 5.97 Å². The molecular weight excluding hydrogens is 987 g/mol. The number of hydrogen-bond acceptors (Lipinski definition) is 9. The van der Waals surface area contributed by atoms with E-state index in [0.717, 1.165) is 33.4 Å². The van der Waals surface area contributed by atoms with Crippen LogP contribution in [-0.2, 0) is 33.4 Å². The molecule has 0 saturated heterocycles. The highest BCUT2D eigenvalue weighted by Gasteiger charge is 2.41. The highest BCUT2D eigenvalue weighted by Crippen LogP contribution is 2.50. The predicted molar refractivity (Wildman–Crippen MR) is 310 cm³/mol. The number of allylic oxidation sites excluding steroid dienone is 1. The van der Waals surface area contributed by atoms with Crippen molar-refractivity contribution in [2.24, 2.45) is 11.8 Å². The van der Waals surface area contributed by atoms with Gasteiger partial charge < -0.3 is 30.9 Å². The molecule has 76 heavy (non-hydrogen) atoms. The molecule has 0 aliphatic rings. The lowest BCUT2D eigenvalue weighted by Gasteiger charge is -2.37. The second-order valence-electron chi connectivity index (χ2n) is 19.5. The van der Waals surface area contributed by atoms with Crippen LogP contribution in [0.5, 0.6) is 0 Å². The van der Waals surface area contributed by atoms with Crippen LogP contribution < -0.4 is 16.0 Å². The Hall–Kier alpha value is -6.70. The van der Waals surface area contributed by atoms with Crippen molar-refractivity contribution >= 4 is 47.2 Å². The van der Waals surface area contributed by atoms with Crippen molar-refractivity contribution < 1.29 is 34.1 Å². The monoisotopic (exact) mass is 1060 g/mol. The van der Waals surface area contributed by atoms with Gasteiger partial charge in [0, 0.05) is 5.75 Å². The second-order valence-corrected chi connectivity index (χ2v) is 22.1. The SMILES string of the molecule is C=CCOC(=O)C[C@H](O)[C@H](NC(=O)[C@@H](CSC(c1ccccc1)(c1ccccc1)c1ccccc1)NC(=O)[C@@H](CC(C)C)NC(=O)C[C@@H](O)C=CCCSC(c1ccccc1)(c1ccccc1)c1ccccc1)C(C)C. The van der Waals surface area contributed by atoms with Crippen LogP contribution in [0.15, 0.2) is 207 Å². The molecule has 5 N–H and O–H groups in total. The van der Waals surface area contributed by atoms with E-state index in [4.69, 9.17) is 4.74 Å². The van der Waals surface area contributed by atoms with Crippen LogP contribution in [0.4, 0.5) is 0 Å². The third-order valence-electron chi connectivity index (χ3n) is 13.1. The summed E-state index contributed by atoms with van der Waals surface area (Å²) in [4.78, 5) is 55.9. The average Bonchev–Trinajstić information content (AvgIpc) is 3.43. The fourth-order valence-corrected chi connectivity index (χ4v) is 12.5. The number of ether oxygens (including phenoxy) is 1. The van der Waals surface area contributed by atoms with E-state index in [2.05, 4.69) is 95.3 Å². The zero-order chi connectivity index (χ0) is 54.3. The highest BCUT2D eigenvalue weighted by atomic mass is 32.2. The lowest BCUT2D eigenvalue weighted by Crippen LogP contribution is -2.58. The molecule has 398 valence electrons. The summed E-state index contributed by atoms with van der Waals surface area (Å²) in [5, 5.41) is 31.4. The van der Waals surface area contributed by atoms with Gasteiger partial charge in [-0.2, -0.15) is 0 Å². The fraction of sp³-hybridized carbons (Fsp3) is 0.312. The standard InChI is InChI=1S/C64H73N3O7S2/c1-6-40-74-59(71)44-57(69)60(47(4)5)67-62(73)56(45-76-64(51-33-19-10-20-34-51,52-35-21-11-22-36-52)53-37-23-12-24-38-53)66-61(72)55(42-46(2)3)65-58(70)43-54(68)39-25-26-41-75-63(48-27-13-7-14-28-48,49-29-15-8-16-30-49)50-31-17-9-18-32-50/h6-25,27-39,46-47,54-57,60,68-69H,1,26,40-45H2,2-5H3,(H,65,70)(H,66,72)(H,67,73)/t54-,55+,56+,57-,60+/m0/s1. The molecular formula is C64H73N3O7S2. The Balaban J connectivity index is 1.21. The second kappa shape index (κ2) is 29.6. The first kappa shape index (κ1) is 58.6. The molecule has 0 saturated carbocycles. The third kappa shape index (κ3) is 15.9. The van der Waals surface area contributed by atoms with Gasteiger partial charge in [0.2, 0.25) is 17.7 Å². The van der Waals surface area contributed by atoms with Gasteiger partial charge in [0.1, 0.15) is 18.7 Å². The van der Waals surface area contributed by atoms with Gasteiger partial charge in [0.05, 0.1) is 40.6 Å². The first-order valence-corrected chi connectivity index (χ1v) is 28.1. The Labute approximate surface area is 458 Å². The number of thioether (sulfide) groups is 2. The fourth-order valence-electron chi connectivity index (χ4n) is 9.43. The van der Waals surface area contributed by atoms with Crippen LogP contribution in [0.3, 0.4) is 0 Å². The van der Waals surface area contributed by atoms with E-state index in [9.17, 15) is 29.4 Å². The summed E-state index contributed by atoms with van der Waals surface area (Å²) in [5.74, 6) is -1.95. The van der Waals surface area contributed by atoms with Crippen molar-refractivity contribution in [2.45, 2.75) is 93.2 Å². The summed E-state index contributed by atoms with van der Waals surface area (Å²) in [6.07, 6.45) is 2.72. The third-order valence-corrected chi connectivity index (χ3v) is 16.3. The quantitative estimate of drug-likeness (QED) is 0.0134. The number of amides is 3. The van der Waals surface area contributed by atoms with Crippen molar-refractivity contribution in [3.63, 3.8) is 0 Å². The number of hydrogen-bond donors (Lipinski definition) is 5. The summed E-state index contributed by atoms with van der Waals surface area (Å²) in [6, 6.07) is 58.1. The molecule has 10 nitrogen and oxygen atoms in total. The lowest BCUT2D eigenvalue weighted by atomic mass is 9.84. The minimum absolute atomic E-state index is 0.0220. The molecule has 0 heterocycles. The molecule has 0 unspecified atom stereocenters. The van der Waals surface area contributed by atoms with E-state index in [0.29, 0.717) is 12.2 Å². The van der Waals surface area contributed by atoms with Crippen molar-refractivity contribution in [1.29, 1.82) is 0 Å². The van der Waals surface area contributed by atoms with Crippen LogP contribution in [0.1, 0.15) is 86.8 Å². The van der Waals surface area contributed by atoms with E-state index in [1.807, 2.05) is 155 Å². The Morgan fingerprint density at radius 3 is 1.37 bits per heavy atom. The Morgan fingerprint density at radius 2 is 0.974 bits per heavy atom. The molecule has 0 aromatic heterocycles. The number of carbonyl (C=O) groups excluding carboxylic acids is 4. The Morgan fingerprint density at radius 1 is 0.566 bits per heavy atom. The van der Waals surface area contributed by atoms with Crippen LogP contribution in [-0.4, -0.2) is 82.3 Å². The highest BCUT2D eigenvalue weighted by molar-refractivity contribution is 8.00. The summed E-state index contributed by atoms with van der Waals surface area (Å²) >= 11 is 3.28. The molecule has 0 bridgehead atoms. The van der Waals surface area contributed by atoms with Gasteiger partial charge in [-0.3, -0.25) is 19.2 Å². The molecule has 6 aromatic carbocycles. The molecule has 5 atom stereocenters. The summed E-state index contributed by atoms with van der Waals surface area (Å²) < 4.78 is 3.80. The predicted octanol–water partition coefficient (Wildman–Crippen LogP) is 10.8. The molecule has 3 amide bonds. The first-order valence-electron chi connectivity index (χ1n) is 26.1. The van der Waals surface area contributed by atoms with E-state index < -0.39 is 63.5 Å². The van der Waals surface area contributed by atoms with Crippen molar-refractivity contribution in [2.75, 3.05) is 18.1 Å². The van der Waals surface area contributed by atoms with Gasteiger partial charge in [0.15, 0.2) is 0 Å². The molecule has 0 aliphatic heterocycles. The van der Waals surface area contributed by atoms with Gasteiger partial charge in [-0.1, -0.05) is 234 Å².